The van der Waals surface area contributed by atoms with Crippen molar-refractivity contribution >= 4 is 11.9 Å². The molecule has 2 heterocycles. The third-order valence-electron chi connectivity index (χ3n) is 3.79. The number of carboxylic acid groups (broad SMARTS) is 1. The van der Waals surface area contributed by atoms with E-state index in [1.807, 2.05) is 25.1 Å². The molecule has 7 heteroatoms. The van der Waals surface area contributed by atoms with Crippen LogP contribution in [0.1, 0.15) is 45.7 Å². The minimum atomic E-state index is -1.13. The van der Waals surface area contributed by atoms with Crippen LogP contribution in [-0.4, -0.2) is 35.2 Å². The molecule has 130 valence electrons. The summed E-state index contributed by atoms with van der Waals surface area (Å²) in [6, 6.07) is 6.52. The van der Waals surface area contributed by atoms with Crippen molar-refractivity contribution in [1.29, 1.82) is 0 Å². The minimum Gasteiger partial charge on any atom is -0.490 e. The van der Waals surface area contributed by atoms with Gasteiger partial charge in [0.1, 0.15) is 6.61 Å². The Morgan fingerprint density at radius 1 is 1.36 bits per heavy atom. The maximum Gasteiger partial charge on any atom is 0.337 e. The summed E-state index contributed by atoms with van der Waals surface area (Å²) in [5.74, 6) is -0.240. The van der Waals surface area contributed by atoms with Crippen LogP contribution in [-0.2, 0) is 0 Å². The lowest BCUT2D eigenvalue weighted by molar-refractivity contribution is 0.0696. The van der Waals surface area contributed by atoms with Gasteiger partial charge in [-0.1, -0.05) is 19.1 Å². The minimum absolute atomic E-state index is 0.0361. The van der Waals surface area contributed by atoms with Gasteiger partial charge in [0, 0.05) is 18.0 Å². The van der Waals surface area contributed by atoms with Crippen LogP contribution < -0.4 is 14.8 Å². The van der Waals surface area contributed by atoms with E-state index in [9.17, 15) is 9.59 Å². The molecule has 0 bridgehead atoms. The van der Waals surface area contributed by atoms with Crippen LogP contribution >= 0.6 is 0 Å². The number of hydrogen-bond donors (Lipinski definition) is 2. The SMILES string of the molecule is CCCOc1cccc2c1OCC2NC(=O)c1cncc(C(=O)O)c1. The molecule has 1 aromatic heterocycles. The molecule has 1 atom stereocenters. The molecule has 1 aliphatic heterocycles. The second kappa shape index (κ2) is 7.21. The molecule has 0 saturated heterocycles. The van der Waals surface area contributed by atoms with Crippen LogP contribution in [0.4, 0.5) is 0 Å². The Balaban J connectivity index is 1.77. The second-order valence-corrected chi connectivity index (χ2v) is 5.63. The molecule has 1 aromatic carbocycles. The van der Waals surface area contributed by atoms with E-state index >= 15 is 0 Å². The highest BCUT2D eigenvalue weighted by Gasteiger charge is 2.28. The molecular formula is C18H18N2O5. The number of carbonyl (C=O) groups is 2. The van der Waals surface area contributed by atoms with Crippen molar-refractivity contribution in [2.75, 3.05) is 13.2 Å². The number of pyridine rings is 1. The first kappa shape index (κ1) is 16.8. The van der Waals surface area contributed by atoms with Crippen molar-refractivity contribution in [3.63, 3.8) is 0 Å². The molecule has 1 unspecified atom stereocenters. The Labute approximate surface area is 144 Å². The van der Waals surface area contributed by atoms with Crippen molar-refractivity contribution in [3.05, 3.63) is 53.3 Å². The van der Waals surface area contributed by atoms with Crippen molar-refractivity contribution < 1.29 is 24.2 Å². The molecule has 0 saturated carbocycles. The summed E-state index contributed by atoms with van der Waals surface area (Å²) in [5.41, 5.74) is 0.988. The topological polar surface area (TPSA) is 97.8 Å². The van der Waals surface area contributed by atoms with E-state index in [0.717, 1.165) is 12.0 Å². The van der Waals surface area contributed by atoms with Crippen LogP contribution in [0.5, 0.6) is 11.5 Å². The number of nitrogens with one attached hydrogen (secondary N) is 1. The smallest absolute Gasteiger partial charge is 0.337 e. The Hall–Kier alpha value is -3.09. The number of ether oxygens (including phenoxy) is 2. The zero-order chi connectivity index (χ0) is 17.8. The molecule has 0 aliphatic carbocycles. The highest BCUT2D eigenvalue weighted by atomic mass is 16.5. The Morgan fingerprint density at radius 3 is 2.92 bits per heavy atom. The third-order valence-corrected chi connectivity index (χ3v) is 3.79. The molecule has 0 spiro atoms. The number of carbonyl (C=O) groups excluding carboxylic acids is 1. The molecule has 2 aromatic rings. The average Bonchev–Trinajstić information content (AvgIpc) is 3.03. The fourth-order valence-corrected chi connectivity index (χ4v) is 2.59. The molecule has 0 fully saturated rings. The van der Waals surface area contributed by atoms with Crippen molar-refractivity contribution in [2.45, 2.75) is 19.4 Å². The maximum atomic E-state index is 12.4. The van der Waals surface area contributed by atoms with E-state index in [-0.39, 0.29) is 17.2 Å². The van der Waals surface area contributed by atoms with Gasteiger partial charge in [-0.15, -0.1) is 0 Å². The van der Waals surface area contributed by atoms with Gasteiger partial charge in [-0.3, -0.25) is 9.78 Å². The van der Waals surface area contributed by atoms with E-state index in [0.29, 0.717) is 24.7 Å². The summed E-state index contributed by atoms with van der Waals surface area (Å²) < 4.78 is 11.4. The quantitative estimate of drug-likeness (QED) is 0.837. The van der Waals surface area contributed by atoms with Crippen molar-refractivity contribution in [1.82, 2.24) is 10.3 Å². The number of benzene rings is 1. The van der Waals surface area contributed by atoms with Crippen LogP contribution in [0.25, 0.3) is 0 Å². The molecule has 0 radical (unpaired) electrons. The summed E-state index contributed by atoms with van der Waals surface area (Å²) in [6.07, 6.45) is 3.42. The Bertz CT molecular complexity index is 806. The lowest BCUT2D eigenvalue weighted by Gasteiger charge is -2.12. The van der Waals surface area contributed by atoms with Gasteiger partial charge in [0.15, 0.2) is 11.5 Å². The summed E-state index contributed by atoms with van der Waals surface area (Å²) >= 11 is 0. The van der Waals surface area contributed by atoms with Gasteiger partial charge in [0.2, 0.25) is 0 Å². The molecular weight excluding hydrogens is 324 g/mol. The molecule has 1 amide bonds. The van der Waals surface area contributed by atoms with E-state index < -0.39 is 11.9 Å². The average molecular weight is 342 g/mol. The van der Waals surface area contributed by atoms with Crippen LogP contribution in [0.3, 0.4) is 0 Å². The third kappa shape index (κ3) is 3.55. The van der Waals surface area contributed by atoms with Crippen molar-refractivity contribution in [3.8, 4) is 11.5 Å². The Kier molecular flexibility index (Phi) is 4.83. The molecule has 7 nitrogen and oxygen atoms in total. The summed E-state index contributed by atoms with van der Waals surface area (Å²) in [7, 11) is 0. The highest BCUT2D eigenvalue weighted by Crippen LogP contribution is 2.40. The van der Waals surface area contributed by atoms with Gasteiger partial charge in [0.05, 0.1) is 23.8 Å². The van der Waals surface area contributed by atoms with Gasteiger partial charge in [-0.25, -0.2) is 4.79 Å². The second-order valence-electron chi connectivity index (χ2n) is 5.63. The fourth-order valence-electron chi connectivity index (χ4n) is 2.59. The van der Waals surface area contributed by atoms with E-state index in [1.54, 1.807) is 0 Å². The van der Waals surface area contributed by atoms with E-state index in [1.165, 1.54) is 18.5 Å². The Morgan fingerprint density at radius 2 is 2.16 bits per heavy atom. The predicted octanol–water partition coefficient (Wildman–Crippen LogP) is 2.43. The molecule has 25 heavy (non-hydrogen) atoms. The summed E-state index contributed by atoms with van der Waals surface area (Å²) in [4.78, 5) is 27.2. The van der Waals surface area contributed by atoms with Crippen molar-refractivity contribution in [2.24, 2.45) is 0 Å². The number of aromatic nitrogens is 1. The molecule has 2 N–H and O–H groups in total. The number of aromatic carboxylic acids is 1. The van der Waals surface area contributed by atoms with Crippen LogP contribution in [0.15, 0.2) is 36.7 Å². The number of fused-ring (bicyclic) bond motifs is 1. The lowest BCUT2D eigenvalue weighted by atomic mass is 10.1. The number of nitrogens with zero attached hydrogens (tertiary/aromatic N) is 1. The molecule has 3 rings (SSSR count). The van der Waals surface area contributed by atoms with Gasteiger partial charge in [-0.2, -0.15) is 0 Å². The number of para-hydroxylation sites is 1. The predicted molar refractivity (Wildman–Crippen MR) is 89.1 cm³/mol. The van der Waals surface area contributed by atoms with Gasteiger partial charge in [-0.05, 0) is 18.6 Å². The van der Waals surface area contributed by atoms with Gasteiger partial charge in [0.25, 0.3) is 5.91 Å². The zero-order valence-corrected chi connectivity index (χ0v) is 13.7. The van der Waals surface area contributed by atoms with E-state index in [4.69, 9.17) is 14.6 Å². The molecule has 1 aliphatic rings. The highest BCUT2D eigenvalue weighted by molar-refractivity contribution is 5.97. The first-order chi connectivity index (χ1) is 12.1. The maximum absolute atomic E-state index is 12.4. The zero-order valence-electron chi connectivity index (χ0n) is 13.7. The number of amides is 1. The summed E-state index contributed by atoms with van der Waals surface area (Å²) in [5, 5.41) is 11.8. The standard InChI is InChI=1S/C18H18N2O5/c1-2-6-24-15-5-3-4-13-14(10-25-16(13)15)20-17(21)11-7-12(18(22)23)9-19-8-11/h3-5,7-9,14H,2,6,10H2,1H3,(H,20,21)(H,22,23). The first-order valence-corrected chi connectivity index (χ1v) is 7.98. The van der Waals surface area contributed by atoms with Crippen LogP contribution in [0.2, 0.25) is 0 Å². The summed E-state index contributed by atoms with van der Waals surface area (Å²) in [6.45, 7) is 2.90. The number of rotatable bonds is 6. The van der Waals surface area contributed by atoms with Crippen LogP contribution in [0, 0.1) is 0 Å². The normalized spacial score (nSPS) is 15.2. The number of hydrogen-bond acceptors (Lipinski definition) is 5. The van der Waals surface area contributed by atoms with Gasteiger partial charge < -0.3 is 19.9 Å². The van der Waals surface area contributed by atoms with Gasteiger partial charge >= 0.3 is 5.97 Å². The first-order valence-electron chi connectivity index (χ1n) is 7.98. The monoisotopic (exact) mass is 342 g/mol. The lowest BCUT2D eigenvalue weighted by Crippen LogP contribution is -2.29. The largest absolute Gasteiger partial charge is 0.490 e. The fraction of sp³-hybridized carbons (Fsp3) is 0.278. The number of carboxylic acids is 1. The van der Waals surface area contributed by atoms with E-state index in [2.05, 4.69) is 10.3 Å².